The van der Waals surface area contributed by atoms with Gasteiger partial charge in [-0.2, -0.15) is 0 Å². The van der Waals surface area contributed by atoms with Crippen LogP contribution in [0, 0.1) is 0 Å². The predicted octanol–water partition coefficient (Wildman–Crippen LogP) is 1.23. The summed E-state index contributed by atoms with van der Waals surface area (Å²) < 4.78 is 40.6. The summed E-state index contributed by atoms with van der Waals surface area (Å²) in [5.74, 6) is 0. The first-order valence-corrected chi connectivity index (χ1v) is 10.9. The quantitative estimate of drug-likeness (QED) is 0.795. The number of sulfonamides is 1. The Hall–Kier alpha value is -1.29. The third kappa shape index (κ3) is 4.70. The van der Waals surface area contributed by atoms with Gasteiger partial charge in [-0.1, -0.05) is 0 Å². The van der Waals surface area contributed by atoms with Crippen molar-refractivity contribution >= 4 is 10.0 Å². The highest BCUT2D eigenvalue weighted by atomic mass is 32.2. The average molecular weight is 386 g/mol. The molecule has 1 saturated heterocycles. The van der Waals surface area contributed by atoms with Crippen LogP contribution in [0.15, 0.2) is 17.1 Å². The fraction of sp³-hybridized carbons (Fsp3) is 0.706. The molecule has 1 aromatic rings. The van der Waals surface area contributed by atoms with Crippen LogP contribution in [0.25, 0.3) is 0 Å². The number of alkyl halides is 1. The highest BCUT2D eigenvalue weighted by Gasteiger charge is 2.27. The first-order chi connectivity index (χ1) is 12.2. The highest BCUT2D eigenvalue weighted by Crippen LogP contribution is 2.31. The maximum atomic E-state index is 13.4. The molecular formula is C17H27FN4O3S. The van der Waals surface area contributed by atoms with E-state index in [9.17, 15) is 17.6 Å². The van der Waals surface area contributed by atoms with Gasteiger partial charge in [-0.05, 0) is 43.2 Å². The molecule has 0 radical (unpaired) electrons. The van der Waals surface area contributed by atoms with Gasteiger partial charge in [0.1, 0.15) is 6.17 Å². The van der Waals surface area contributed by atoms with Crippen molar-refractivity contribution in [1.29, 1.82) is 0 Å². The molecule has 1 aliphatic carbocycles. The summed E-state index contributed by atoms with van der Waals surface area (Å²) in [4.78, 5) is 12.6. The second-order valence-corrected chi connectivity index (χ2v) is 9.22. The Labute approximate surface area is 153 Å². The molecule has 1 atom stereocenters. The van der Waals surface area contributed by atoms with Crippen molar-refractivity contribution in [3.05, 3.63) is 33.7 Å². The smallest absolute Gasteiger partial charge is 0.251 e. The summed E-state index contributed by atoms with van der Waals surface area (Å²) in [6.45, 7) is 0.957. The third-order valence-electron chi connectivity index (χ3n) is 5.25. The molecule has 0 spiro atoms. The van der Waals surface area contributed by atoms with Gasteiger partial charge in [0.2, 0.25) is 10.0 Å². The summed E-state index contributed by atoms with van der Waals surface area (Å²) in [5.41, 5.74) is 4.79. The summed E-state index contributed by atoms with van der Waals surface area (Å²) in [6.07, 6.45) is 5.32. The highest BCUT2D eigenvalue weighted by molar-refractivity contribution is 7.88. The fourth-order valence-electron chi connectivity index (χ4n) is 3.82. The maximum Gasteiger partial charge on any atom is 0.251 e. The van der Waals surface area contributed by atoms with Crippen LogP contribution in [-0.4, -0.2) is 44.0 Å². The number of nitrogens with one attached hydrogen (secondary N) is 2. The van der Waals surface area contributed by atoms with Gasteiger partial charge in [-0.25, -0.2) is 28.0 Å². The fourth-order valence-corrected chi connectivity index (χ4v) is 4.24. The van der Waals surface area contributed by atoms with Crippen LogP contribution in [0.1, 0.15) is 55.3 Å². The molecule has 0 bridgehead atoms. The average Bonchev–Trinajstić information content (AvgIpc) is 2.99. The van der Waals surface area contributed by atoms with Gasteiger partial charge in [-0.3, -0.25) is 4.79 Å². The first kappa shape index (κ1) is 19.5. The van der Waals surface area contributed by atoms with Gasteiger partial charge in [0.25, 0.3) is 5.56 Å². The topological polar surface area (TPSA) is 83.4 Å². The molecule has 0 aromatic carbocycles. The Bertz CT molecular complexity index is 803. The van der Waals surface area contributed by atoms with Gasteiger partial charge in [-0.15, -0.1) is 0 Å². The predicted molar refractivity (Wildman–Crippen MR) is 97.9 cm³/mol. The van der Waals surface area contributed by atoms with Gasteiger partial charge in [0.05, 0.1) is 6.26 Å². The van der Waals surface area contributed by atoms with Crippen LogP contribution in [0.5, 0.6) is 0 Å². The Morgan fingerprint density at radius 1 is 1.27 bits per heavy atom. The molecular weight excluding hydrogens is 359 g/mol. The lowest BCUT2D eigenvalue weighted by atomic mass is 9.93. The monoisotopic (exact) mass is 386 g/mol. The SMILES string of the molecule is CN1CCC(c2cn(C3CCC(F)CC3)c(=O)cc2CNS(C)(=O)=O)N1. The van der Waals surface area contributed by atoms with E-state index in [0.717, 1.165) is 24.8 Å². The number of hydrazine groups is 1. The van der Waals surface area contributed by atoms with Crippen molar-refractivity contribution in [2.24, 2.45) is 0 Å². The summed E-state index contributed by atoms with van der Waals surface area (Å²) >= 11 is 0. The molecule has 1 saturated carbocycles. The molecule has 3 rings (SSSR count). The van der Waals surface area contributed by atoms with E-state index < -0.39 is 16.2 Å². The molecule has 0 amide bonds. The van der Waals surface area contributed by atoms with Crippen molar-refractivity contribution in [2.45, 2.75) is 56.9 Å². The van der Waals surface area contributed by atoms with E-state index in [0.29, 0.717) is 31.2 Å². The molecule has 1 aliphatic heterocycles. The van der Waals surface area contributed by atoms with E-state index >= 15 is 0 Å². The van der Waals surface area contributed by atoms with Crippen LogP contribution in [-0.2, 0) is 16.6 Å². The van der Waals surface area contributed by atoms with Gasteiger partial charge in [0.15, 0.2) is 0 Å². The van der Waals surface area contributed by atoms with Gasteiger partial charge < -0.3 is 4.57 Å². The molecule has 9 heteroatoms. The molecule has 26 heavy (non-hydrogen) atoms. The third-order valence-corrected chi connectivity index (χ3v) is 5.92. The van der Waals surface area contributed by atoms with E-state index in [-0.39, 0.29) is 24.2 Å². The molecule has 2 heterocycles. The van der Waals surface area contributed by atoms with Crippen molar-refractivity contribution in [2.75, 3.05) is 19.8 Å². The number of nitrogens with zero attached hydrogens (tertiary/aromatic N) is 2. The molecule has 7 nitrogen and oxygen atoms in total. The summed E-state index contributed by atoms with van der Waals surface area (Å²) in [7, 11) is -1.40. The summed E-state index contributed by atoms with van der Waals surface area (Å²) in [6, 6.07) is 1.56. The number of hydrogen-bond donors (Lipinski definition) is 2. The number of rotatable bonds is 5. The van der Waals surface area contributed by atoms with E-state index in [4.69, 9.17) is 0 Å². The van der Waals surface area contributed by atoms with Crippen molar-refractivity contribution < 1.29 is 12.8 Å². The minimum absolute atomic E-state index is 0.00398. The largest absolute Gasteiger partial charge is 0.312 e. The minimum Gasteiger partial charge on any atom is -0.312 e. The summed E-state index contributed by atoms with van der Waals surface area (Å²) in [5, 5.41) is 1.99. The second kappa shape index (κ2) is 7.75. The first-order valence-electron chi connectivity index (χ1n) is 9.04. The van der Waals surface area contributed by atoms with Crippen molar-refractivity contribution in [1.82, 2.24) is 19.7 Å². The maximum absolute atomic E-state index is 13.4. The van der Waals surface area contributed by atoms with Crippen LogP contribution < -0.4 is 15.7 Å². The number of pyridine rings is 1. The Morgan fingerprint density at radius 2 is 1.96 bits per heavy atom. The van der Waals surface area contributed by atoms with E-state index in [2.05, 4.69) is 10.1 Å². The standard InChI is InChI=1S/C17H27FN4O3S/c1-21-8-7-16(20-21)15-11-22(14-5-3-13(18)4-6-14)17(23)9-12(15)10-19-26(2,24)25/h9,11,13-14,16,19-20H,3-8,10H2,1-2H3. The molecule has 2 N–H and O–H groups in total. The minimum atomic E-state index is -3.35. The van der Waals surface area contributed by atoms with Crippen LogP contribution in [0.4, 0.5) is 4.39 Å². The molecule has 2 aliphatic rings. The van der Waals surface area contributed by atoms with Gasteiger partial charge >= 0.3 is 0 Å². The van der Waals surface area contributed by atoms with Crippen LogP contribution >= 0.6 is 0 Å². The number of hydrogen-bond acceptors (Lipinski definition) is 5. The second-order valence-electron chi connectivity index (χ2n) is 7.39. The molecule has 2 fully saturated rings. The lowest BCUT2D eigenvalue weighted by Gasteiger charge is -2.28. The van der Waals surface area contributed by atoms with Crippen molar-refractivity contribution in [3.8, 4) is 0 Å². The van der Waals surface area contributed by atoms with E-state index in [1.54, 1.807) is 4.57 Å². The normalized spacial score (nSPS) is 27.7. The van der Waals surface area contributed by atoms with E-state index in [1.165, 1.54) is 6.07 Å². The van der Waals surface area contributed by atoms with E-state index in [1.807, 2.05) is 18.3 Å². The Balaban J connectivity index is 1.93. The van der Waals surface area contributed by atoms with Gasteiger partial charge in [0, 0.05) is 44.5 Å². The zero-order valence-electron chi connectivity index (χ0n) is 15.2. The molecule has 1 unspecified atom stereocenters. The zero-order valence-corrected chi connectivity index (χ0v) is 16.1. The lowest BCUT2D eigenvalue weighted by Crippen LogP contribution is -2.33. The van der Waals surface area contributed by atoms with Crippen molar-refractivity contribution in [3.63, 3.8) is 0 Å². The van der Waals surface area contributed by atoms with Crippen LogP contribution in [0.3, 0.4) is 0 Å². The number of aromatic nitrogens is 1. The zero-order chi connectivity index (χ0) is 18.9. The number of halogens is 1. The lowest BCUT2D eigenvalue weighted by molar-refractivity contribution is 0.206. The Morgan fingerprint density at radius 3 is 2.54 bits per heavy atom. The van der Waals surface area contributed by atoms with Crippen LogP contribution in [0.2, 0.25) is 0 Å². The molecule has 146 valence electrons. The molecule has 1 aromatic heterocycles. The Kier molecular flexibility index (Phi) is 5.81.